The quantitative estimate of drug-likeness (QED) is 0.0493. The number of aldehydes is 2. The Hall–Kier alpha value is -6.36. The molecule has 0 bridgehead atoms. The minimum absolute atomic E-state index is 0.0782. The number of carbonyl (C=O) groups is 4. The van der Waals surface area contributed by atoms with Crippen molar-refractivity contribution in [1.29, 1.82) is 0 Å². The fourth-order valence-corrected chi connectivity index (χ4v) is 5.56. The van der Waals surface area contributed by atoms with E-state index in [9.17, 15) is 19.2 Å². The van der Waals surface area contributed by atoms with Crippen LogP contribution in [0.15, 0.2) is 48.7 Å². The third-order valence-corrected chi connectivity index (χ3v) is 9.96. The van der Waals surface area contributed by atoms with E-state index < -0.39 is 12.0 Å². The molecule has 16 heteroatoms. The fraction of sp³-hybridized carbons (Fsp3) is 0.404. The van der Waals surface area contributed by atoms with Crippen LogP contribution >= 0.6 is 0 Å². The Morgan fingerprint density at radius 3 is 1.68 bits per heavy atom. The van der Waals surface area contributed by atoms with Gasteiger partial charge in [0.1, 0.15) is 24.4 Å². The Labute approximate surface area is 370 Å². The standard InChI is InChI=1S/C37H40N2O11.C5H11NO.C5H13N/c1-20(2)33(38)37(42)50-35-23-11-13-39-34(25(23)17-31(47-7)36(35)48-8)32(21-9-10-26(49-19-41)28(15-21)44-4)22(12-14-40)24-16-29(45-5)30(46-6)18-27(24)43-3;1-4(2)5(6)3-7;1-4(2)5(3)6/h9-20,33,39H,38H2,1-8H3;3-5H,6H2,1-2H3;4-5H,6H2,1-3H3/b22-12+,34-32-;;. The summed E-state index contributed by atoms with van der Waals surface area (Å²) in [5, 5.41) is 3.31. The number of ether oxygens (including phenoxy) is 8. The molecule has 7 N–H and O–H groups in total. The minimum atomic E-state index is -0.919. The molecule has 344 valence electrons. The van der Waals surface area contributed by atoms with Gasteiger partial charge in [0, 0.05) is 40.6 Å². The molecule has 0 amide bonds. The number of methoxy groups -OCH3 is 6. The molecule has 3 unspecified atom stereocenters. The van der Waals surface area contributed by atoms with E-state index in [4.69, 9.17) is 55.1 Å². The van der Waals surface area contributed by atoms with E-state index in [1.165, 1.54) is 48.7 Å². The lowest BCUT2D eigenvalue weighted by Gasteiger charge is -2.27. The smallest absolute Gasteiger partial charge is 0.328 e. The zero-order chi connectivity index (χ0) is 47.6. The van der Waals surface area contributed by atoms with Gasteiger partial charge in [-0.05, 0) is 72.2 Å². The number of benzene rings is 3. The summed E-state index contributed by atoms with van der Waals surface area (Å²) in [6.45, 7) is 14.0. The van der Waals surface area contributed by atoms with Crippen molar-refractivity contribution < 1.29 is 57.1 Å². The maximum atomic E-state index is 13.2. The van der Waals surface area contributed by atoms with Crippen LogP contribution in [0, 0.1) is 17.8 Å². The summed E-state index contributed by atoms with van der Waals surface area (Å²) in [5.74, 6) is 2.06. The SMILES string of the molecule is CC(C)C(C)N.CC(C)C(N)C=O.COc1cc(OC)c(C(=C\C=O)/C(=C2\NC=Cc3c2cc(OC)c(OC)c3OC(=O)C(N)C(C)C)c2ccc(OC=O)c(OC)c2)cc1OC. The highest BCUT2D eigenvalue weighted by atomic mass is 16.6. The van der Waals surface area contributed by atoms with Crippen LogP contribution in [0.4, 0.5) is 0 Å². The highest BCUT2D eigenvalue weighted by molar-refractivity contribution is 6.19. The van der Waals surface area contributed by atoms with Gasteiger partial charge in [0.2, 0.25) is 5.75 Å². The molecule has 3 aromatic rings. The van der Waals surface area contributed by atoms with E-state index in [2.05, 4.69) is 19.2 Å². The highest BCUT2D eigenvalue weighted by Gasteiger charge is 2.31. The van der Waals surface area contributed by atoms with Crippen LogP contribution in [-0.4, -0.2) is 85.8 Å². The van der Waals surface area contributed by atoms with Crippen LogP contribution < -0.4 is 60.4 Å². The van der Waals surface area contributed by atoms with E-state index in [0.29, 0.717) is 81.1 Å². The van der Waals surface area contributed by atoms with Crippen molar-refractivity contribution in [2.45, 2.75) is 66.6 Å². The molecule has 16 nitrogen and oxygen atoms in total. The molecule has 1 heterocycles. The van der Waals surface area contributed by atoms with Crippen LogP contribution in [0.1, 0.15) is 70.7 Å². The molecular weight excluding hydrogens is 813 g/mol. The summed E-state index contributed by atoms with van der Waals surface area (Å²) >= 11 is 0. The predicted octanol–water partition coefficient (Wildman–Crippen LogP) is 6.05. The number of carbonyl (C=O) groups excluding carboxylic acids is 4. The van der Waals surface area contributed by atoms with Gasteiger partial charge in [0.25, 0.3) is 6.47 Å². The molecular formula is C47H64N4O12. The van der Waals surface area contributed by atoms with Gasteiger partial charge in [-0.2, -0.15) is 0 Å². The monoisotopic (exact) mass is 876 g/mol. The maximum absolute atomic E-state index is 13.2. The number of allylic oxidation sites excluding steroid dienone is 3. The molecule has 0 aliphatic carbocycles. The molecule has 0 saturated heterocycles. The van der Waals surface area contributed by atoms with Gasteiger partial charge in [-0.25, -0.2) is 4.79 Å². The van der Waals surface area contributed by atoms with Crippen LogP contribution in [-0.2, 0) is 19.2 Å². The number of rotatable bonds is 18. The summed E-state index contributed by atoms with van der Waals surface area (Å²) < 4.78 is 45.0. The lowest BCUT2D eigenvalue weighted by Crippen LogP contribution is -2.38. The van der Waals surface area contributed by atoms with Gasteiger partial charge in [-0.15, -0.1) is 0 Å². The fourth-order valence-electron chi connectivity index (χ4n) is 5.56. The summed E-state index contributed by atoms with van der Waals surface area (Å²) in [6.07, 6.45) is 6.14. The number of esters is 1. The van der Waals surface area contributed by atoms with Gasteiger partial charge in [0.15, 0.2) is 34.5 Å². The highest BCUT2D eigenvalue weighted by Crippen LogP contribution is 2.50. The summed E-state index contributed by atoms with van der Waals surface area (Å²) in [6, 6.07) is 9.09. The van der Waals surface area contributed by atoms with Crippen molar-refractivity contribution in [3.8, 4) is 46.0 Å². The van der Waals surface area contributed by atoms with Crippen molar-refractivity contribution in [2.75, 3.05) is 42.7 Å². The van der Waals surface area contributed by atoms with Gasteiger partial charge in [-0.3, -0.25) is 9.59 Å². The van der Waals surface area contributed by atoms with Crippen LogP contribution in [0.25, 0.3) is 22.9 Å². The van der Waals surface area contributed by atoms with Gasteiger partial charge in [0.05, 0.1) is 54.4 Å². The van der Waals surface area contributed by atoms with E-state index in [1.54, 1.807) is 48.7 Å². The van der Waals surface area contributed by atoms with E-state index >= 15 is 0 Å². The zero-order valence-corrected chi connectivity index (χ0v) is 38.5. The zero-order valence-electron chi connectivity index (χ0n) is 38.5. The second kappa shape index (κ2) is 25.5. The maximum Gasteiger partial charge on any atom is 0.328 e. The molecule has 3 aromatic carbocycles. The third kappa shape index (κ3) is 13.6. The third-order valence-electron chi connectivity index (χ3n) is 9.96. The van der Waals surface area contributed by atoms with Crippen molar-refractivity contribution >= 4 is 47.9 Å². The average Bonchev–Trinajstić information content (AvgIpc) is 3.28. The van der Waals surface area contributed by atoms with Crippen LogP contribution in [0.5, 0.6) is 46.0 Å². The van der Waals surface area contributed by atoms with Crippen LogP contribution in [0.3, 0.4) is 0 Å². The Balaban J connectivity index is 0.000000911. The van der Waals surface area contributed by atoms with Crippen LogP contribution in [0.2, 0.25) is 0 Å². The Bertz CT molecular complexity index is 2120. The normalized spacial score (nSPS) is 13.9. The molecule has 1 aliphatic heterocycles. The number of fused-ring (bicyclic) bond motifs is 1. The number of hydrogen-bond donors (Lipinski definition) is 4. The molecule has 0 saturated carbocycles. The molecule has 1 aliphatic rings. The predicted molar refractivity (Wildman–Crippen MR) is 244 cm³/mol. The topological polar surface area (TPSA) is 232 Å². The first kappa shape index (κ1) is 52.8. The molecule has 4 rings (SSSR count). The van der Waals surface area contributed by atoms with Crippen molar-refractivity contribution in [1.82, 2.24) is 5.32 Å². The summed E-state index contributed by atoms with van der Waals surface area (Å²) in [5.41, 5.74) is 20.1. The first-order valence-corrected chi connectivity index (χ1v) is 20.1. The lowest BCUT2D eigenvalue weighted by atomic mass is 9.85. The second-order valence-electron chi connectivity index (χ2n) is 15.1. The first-order chi connectivity index (χ1) is 29.9. The minimum Gasteiger partial charge on any atom is -0.496 e. The average molecular weight is 877 g/mol. The van der Waals surface area contributed by atoms with Gasteiger partial charge in [-0.1, -0.05) is 47.6 Å². The molecule has 0 radical (unpaired) electrons. The first-order valence-electron chi connectivity index (χ1n) is 20.1. The number of nitrogens with two attached hydrogens (primary N) is 3. The second-order valence-corrected chi connectivity index (χ2v) is 15.1. The lowest BCUT2D eigenvalue weighted by molar-refractivity contribution is -0.137. The molecule has 3 atom stereocenters. The van der Waals surface area contributed by atoms with E-state index in [1.807, 2.05) is 34.6 Å². The van der Waals surface area contributed by atoms with Crippen molar-refractivity contribution in [3.05, 3.63) is 70.9 Å². The summed E-state index contributed by atoms with van der Waals surface area (Å²) in [4.78, 5) is 46.8. The number of nitrogens with one attached hydrogen (secondary N) is 1. The summed E-state index contributed by atoms with van der Waals surface area (Å²) in [7, 11) is 8.79. The molecule has 0 spiro atoms. The Morgan fingerprint density at radius 2 is 1.22 bits per heavy atom. The van der Waals surface area contributed by atoms with Gasteiger partial charge >= 0.3 is 5.97 Å². The van der Waals surface area contributed by atoms with E-state index in [0.717, 1.165) is 6.29 Å². The van der Waals surface area contributed by atoms with E-state index in [-0.39, 0.29) is 46.6 Å². The largest absolute Gasteiger partial charge is 0.496 e. The van der Waals surface area contributed by atoms with Crippen molar-refractivity contribution in [3.63, 3.8) is 0 Å². The Morgan fingerprint density at radius 1 is 0.651 bits per heavy atom. The molecule has 63 heavy (non-hydrogen) atoms. The molecule has 0 fully saturated rings. The molecule has 0 aromatic heterocycles. The Kier molecular flexibility index (Phi) is 21.4. The van der Waals surface area contributed by atoms with Crippen molar-refractivity contribution in [2.24, 2.45) is 35.0 Å². The van der Waals surface area contributed by atoms with Gasteiger partial charge < -0.3 is 65.2 Å². The number of hydrogen-bond acceptors (Lipinski definition) is 16.